The Morgan fingerprint density at radius 2 is 1.28 bits per heavy atom. The van der Waals surface area contributed by atoms with E-state index in [0.717, 1.165) is 18.6 Å². The molecule has 1 atom stereocenters. The lowest BCUT2D eigenvalue weighted by atomic mass is 9.85. The van der Waals surface area contributed by atoms with Gasteiger partial charge in [0, 0.05) is 12.0 Å². The van der Waals surface area contributed by atoms with E-state index in [1.165, 1.54) is 16.7 Å². The van der Waals surface area contributed by atoms with Crippen molar-refractivity contribution in [3.05, 3.63) is 102 Å². The minimum absolute atomic E-state index is 0.0961. The molecule has 0 saturated heterocycles. The minimum Gasteiger partial charge on any atom is -0.497 e. The highest BCUT2D eigenvalue weighted by Crippen LogP contribution is 2.29. The van der Waals surface area contributed by atoms with E-state index < -0.39 is 0 Å². The molecule has 0 spiro atoms. The summed E-state index contributed by atoms with van der Waals surface area (Å²) in [7, 11) is 1.69. The molecule has 0 heterocycles. The first-order valence-electron chi connectivity index (χ1n) is 8.74. The topological polar surface area (TPSA) is 35.2 Å². The van der Waals surface area contributed by atoms with Crippen LogP contribution in [0.1, 0.15) is 29.0 Å². The summed E-state index contributed by atoms with van der Waals surface area (Å²) in [6.45, 7) is 0. The van der Waals surface area contributed by atoms with Gasteiger partial charge in [0.1, 0.15) is 5.75 Å². The van der Waals surface area contributed by atoms with Gasteiger partial charge in [0.25, 0.3) is 0 Å². The third-order valence-corrected chi connectivity index (χ3v) is 4.60. The highest BCUT2D eigenvalue weighted by atomic mass is 16.5. The van der Waals surface area contributed by atoms with Crippen molar-refractivity contribution in [1.82, 2.24) is 0 Å². The standard InChI is InChI=1S/C23H25NO/c1-25-22-14-12-18(13-15-22)16-21(24)17-23(19-8-4-2-5-9-19)20-10-6-3-7-11-20/h2-15,21,23H,16-17,24H2,1H3. The molecule has 0 amide bonds. The Bertz CT molecular complexity index is 714. The summed E-state index contributed by atoms with van der Waals surface area (Å²) < 4.78 is 5.22. The van der Waals surface area contributed by atoms with Crippen molar-refractivity contribution in [2.24, 2.45) is 5.73 Å². The quantitative estimate of drug-likeness (QED) is 0.676. The fourth-order valence-corrected chi connectivity index (χ4v) is 3.29. The van der Waals surface area contributed by atoms with Gasteiger partial charge < -0.3 is 10.5 Å². The Morgan fingerprint density at radius 1 is 0.760 bits per heavy atom. The molecule has 3 aromatic carbocycles. The average Bonchev–Trinajstić information content (AvgIpc) is 2.68. The minimum atomic E-state index is 0.0961. The zero-order chi connectivity index (χ0) is 17.5. The fraction of sp³-hybridized carbons (Fsp3) is 0.217. The lowest BCUT2D eigenvalue weighted by Crippen LogP contribution is -2.26. The number of nitrogens with two attached hydrogens (primary N) is 1. The van der Waals surface area contributed by atoms with Crippen molar-refractivity contribution in [1.29, 1.82) is 0 Å². The molecule has 2 nitrogen and oxygen atoms in total. The Hall–Kier alpha value is -2.58. The number of benzene rings is 3. The van der Waals surface area contributed by atoms with Crippen LogP contribution < -0.4 is 10.5 Å². The number of hydrogen-bond acceptors (Lipinski definition) is 2. The van der Waals surface area contributed by atoms with Crippen molar-refractivity contribution in [3.63, 3.8) is 0 Å². The van der Waals surface area contributed by atoms with Crippen LogP contribution in [0.4, 0.5) is 0 Å². The maximum atomic E-state index is 6.52. The van der Waals surface area contributed by atoms with Crippen molar-refractivity contribution in [2.45, 2.75) is 24.8 Å². The van der Waals surface area contributed by atoms with Crippen molar-refractivity contribution in [3.8, 4) is 5.75 Å². The summed E-state index contributed by atoms with van der Waals surface area (Å²) in [6, 6.07) is 29.6. The molecule has 0 bridgehead atoms. The van der Waals surface area contributed by atoms with Gasteiger partial charge in [-0.15, -0.1) is 0 Å². The van der Waals surface area contributed by atoms with Gasteiger partial charge in [0.15, 0.2) is 0 Å². The van der Waals surface area contributed by atoms with Crippen molar-refractivity contribution < 1.29 is 4.74 Å². The molecule has 2 N–H and O–H groups in total. The van der Waals surface area contributed by atoms with Gasteiger partial charge in [-0.25, -0.2) is 0 Å². The SMILES string of the molecule is COc1ccc(CC(N)CC(c2ccccc2)c2ccccc2)cc1. The van der Waals surface area contributed by atoms with E-state index in [1.54, 1.807) is 7.11 Å². The third-order valence-electron chi connectivity index (χ3n) is 4.60. The Labute approximate surface area is 150 Å². The summed E-state index contributed by atoms with van der Waals surface area (Å²) in [6.07, 6.45) is 1.78. The predicted octanol–water partition coefficient (Wildman–Crippen LogP) is 4.79. The van der Waals surface area contributed by atoms with E-state index in [0.29, 0.717) is 5.92 Å². The number of hydrogen-bond donors (Lipinski definition) is 1. The predicted molar refractivity (Wildman–Crippen MR) is 104 cm³/mol. The van der Waals surface area contributed by atoms with Gasteiger partial charge in [0.2, 0.25) is 0 Å². The van der Waals surface area contributed by atoms with Crippen LogP contribution >= 0.6 is 0 Å². The second kappa shape index (κ2) is 8.50. The summed E-state index contributed by atoms with van der Waals surface area (Å²) in [5, 5.41) is 0. The van der Waals surface area contributed by atoms with Gasteiger partial charge >= 0.3 is 0 Å². The number of methoxy groups -OCH3 is 1. The highest BCUT2D eigenvalue weighted by Gasteiger charge is 2.18. The van der Waals surface area contributed by atoms with Crippen LogP contribution in [0, 0.1) is 0 Å². The second-order valence-corrected chi connectivity index (χ2v) is 6.42. The van der Waals surface area contributed by atoms with Gasteiger partial charge in [-0.1, -0.05) is 72.8 Å². The van der Waals surface area contributed by atoms with E-state index >= 15 is 0 Å². The van der Waals surface area contributed by atoms with Gasteiger partial charge in [0.05, 0.1) is 7.11 Å². The fourth-order valence-electron chi connectivity index (χ4n) is 3.29. The Kier molecular flexibility index (Phi) is 5.86. The number of ether oxygens (including phenoxy) is 1. The molecule has 0 saturated carbocycles. The summed E-state index contributed by atoms with van der Waals surface area (Å²) in [5.41, 5.74) is 10.4. The monoisotopic (exact) mass is 331 g/mol. The van der Waals surface area contributed by atoms with Crippen LogP contribution in [0.3, 0.4) is 0 Å². The van der Waals surface area contributed by atoms with Gasteiger partial charge in [-0.3, -0.25) is 0 Å². The molecule has 25 heavy (non-hydrogen) atoms. The first-order valence-corrected chi connectivity index (χ1v) is 8.74. The largest absolute Gasteiger partial charge is 0.497 e. The van der Waals surface area contributed by atoms with Crippen molar-refractivity contribution in [2.75, 3.05) is 7.11 Å². The zero-order valence-corrected chi connectivity index (χ0v) is 14.6. The highest BCUT2D eigenvalue weighted by molar-refractivity contribution is 5.33. The normalized spacial score (nSPS) is 12.1. The molecule has 0 aromatic heterocycles. The Balaban J connectivity index is 1.75. The molecule has 128 valence electrons. The van der Waals surface area contributed by atoms with E-state index in [1.807, 2.05) is 12.1 Å². The molecule has 0 aliphatic heterocycles. The second-order valence-electron chi connectivity index (χ2n) is 6.42. The molecule has 3 rings (SSSR count). The van der Waals surface area contributed by atoms with E-state index in [4.69, 9.17) is 10.5 Å². The Morgan fingerprint density at radius 3 is 1.76 bits per heavy atom. The molecule has 1 unspecified atom stereocenters. The van der Waals surface area contributed by atoms with Crippen LogP contribution in [0.25, 0.3) is 0 Å². The summed E-state index contributed by atoms with van der Waals surface area (Å²) in [4.78, 5) is 0. The molecule has 0 aliphatic rings. The maximum absolute atomic E-state index is 6.52. The molecule has 3 aromatic rings. The van der Waals surface area contributed by atoms with E-state index in [-0.39, 0.29) is 6.04 Å². The van der Waals surface area contributed by atoms with Crippen LogP contribution in [-0.4, -0.2) is 13.2 Å². The molecule has 0 fully saturated rings. The van der Waals surface area contributed by atoms with Crippen LogP contribution in [0.2, 0.25) is 0 Å². The molecule has 2 heteroatoms. The van der Waals surface area contributed by atoms with Crippen molar-refractivity contribution >= 4 is 0 Å². The zero-order valence-electron chi connectivity index (χ0n) is 14.6. The maximum Gasteiger partial charge on any atom is 0.118 e. The number of rotatable bonds is 7. The molecular weight excluding hydrogens is 306 g/mol. The van der Waals surface area contributed by atoms with E-state index in [2.05, 4.69) is 72.8 Å². The third kappa shape index (κ3) is 4.71. The van der Waals surface area contributed by atoms with Crippen LogP contribution in [-0.2, 0) is 6.42 Å². The van der Waals surface area contributed by atoms with Gasteiger partial charge in [-0.2, -0.15) is 0 Å². The molecular formula is C23H25NO. The molecule has 0 aliphatic carbocycles. The smallest absolute Gasteiger partial charge is 0.118 e. The van der Waals surface area contributed by atoms with Gasteiger partial charge in [-0.05, 0) is 41.7 Å². The van der Waals surface area contributed by atoms with Crippen LogP contribution in [0.5, 0.6) is 5.75 Å². The average molecular weight is 331 g/mol. The lowest BCUT2D eigenvalue weighted by Gasteiger charge is -2.22. The lowest BCUT2D eigenvalue weighted by molar-refractivity contribution is 0.414. The summed E-state index contributed by atoms with van der Waals surface area (Å²) >= 11 is 0. The first kappa shape index (κ1) is 17.2. The summed E-state index contributed by atoms with van der Waals surface area (Å²) in [5.74, 6) is 1.19. The first-order chi connectivity index (χ1) is 12.3. The van der Waals surface area contributed by atoms with Crippen LogP contribution in [0.15, 0.2) is 84.9 Å². The molecule has 0 radical (unpaired) electrons. The van der Waals surface area contributed by atoms with E-state index in [9.17, 15) is 0 Å².